The number of benzene rings is 2. The predicted molar refractivity (Wildman–Crippen MR) is 149 cm³/mol. The Balaban J connectivity index is 1.96. The van der Waals surface area contributed by atoms with Gasteiger partial charge in [-0.2, -0.15) is 31.6 Å². The third-order valence-corrected chi connectivity index (χ3v) is 7.72. The molecule has 0 saturated heterocycles. The summed E-state index contributed by atoms with van der Waals surface area (Å²) in [7, 11) is 0. The van der Waals surface area contributed by atoms with Gasteiger partial charge in [0.15, 0.2) is 5.75 Å². The van der Waals surface area contributed by atoms with Crippen molar-refractivity contribution < 1.29 is 50.9 Å². The molecule has 4 rings (SSSR count). The number of hydrogen-bond donors (Lipinski definition) is 3. The first-order valence-corrected chi connectivity index (χ1v) is 13.8. The fourth-order valence-corrected chi connectivity index (χ4v) is 5.54. The highest BCUT2D eigenvalue weighted by atomic mass is 19.4. The first-order valence-electron chi connectivity index (χ1n) is 13.8. The fourth-order valence-electron chi connectivity index (χ4n) is 5.54. The van der Waals surface area contributed by atoms with E-state index in [1.165, 1.54) is 12.4 Å². The number of aromatic nitrogens is 2. The van der Waals surface area contributed by atoms with Crippen LogP contribution in [0.2, 0.25) is 0 Å². The molecule has 16 heteroatoms. The van der Waals surface area contributed by atoms with E-state index < -0.39 is 58.6 Å². The van der Waals surface area contributed by atoms with E-state index in [1.807, 2.05) is 0 Å². The number of alkyl halides is 6. The van der Waals surface area contributed by atoms with Gasteiger partial charge >= 0.3 is 24.4 Å². The van der Waals surface area contributed by atoms with Crippen molar-refractivity contribution in [2.75, 3.05) is 11.5 Å². The molecular weight excluding hydrogens is 624 g/mol. The number of hydrogen-bond acceptors (Lipinski definition) is 7. The van der Waals surface area contributed by atoms with Crippen LogP contribution < -0.4 is 15.4 Å². The van der Waals surface area contributed by atoms with Gasteiger partial charge in [-0.15, -0.1) is 0 Å². The summed E-state index contributed by atoms with van der Waals surface area (Å²) in [5.41, 5.74) is 1.60. The SMILES string of the molecule is CC[C@]1(N)C[C@@H](C(c2cc(C#N)cc(C(F)(F)F)c2)c2ncc(OCCCC(=O)O)cn2)c2cc(C(F)(F)F)ccc2N1C(=O)O. The highest BCUT2D eigenvalue weighted by Gasteiger charge is 2.48. The Morgan fingerprint density at radius 1 is 1.09 bits per heavy atom. The van der Waals surface area contributed by atoms with E-state index in [-0.39, 0.29) is 60.7 Å². The zero-order chi connectivity index (χ0) is 34.0. The van der Waals surface area contributed by atoms with Crippen molar-refractivity contribution in [3.8, 4) is 11.8 Å². The Bertz CT molecular complexity index is 1660. The van der Waals surface area contributed by atoms with Crippen molar-refractivity contribution in [2.45, 2.75) is 62.5 Å². The van der Waals surface area contributed by atoms with Crippen LogP contribution in [0.3, 0.4) is 0 Å². The number of nitrogens with two attached hydrogens (primary N) is 1. The monoisotopic (exact) mass is 651 g/mol. The van der Waals surface area contributed by atoms with E-state index in [0.29, 0.717) is 12.1 Å². The molecule has 1 aliphatic heterocycles. The minimum absolute atomic E-state index is 0.0228. The molecule has 1 aliphatic rings. The number of ether oxygens (including phenoxy) is 1. The number of rotatable bonds is 9. The Kier molecular flexibility index (Phi) is 9.48. The lowest BCUT2D eigenvalue weighted by Gasteiger charge is -2.48. The molecule has 0 fully saturated rings. The van der Waals surface area contributed by atoms with Crippen molar-refractivity contribution >= 4 is 17.7 Å². The minimum Gasteiger partial charge on any atom is -0.490 e. The summed E-state index contributed by atoms with van der Waals surface area (Å²) in [5.74, 6) is -3.70. The molecule has 0 spiro atoms. The molecule has 3 atom stereocenters. The fraction of sp³-hybridized carbons (Fsp3) is 0.367. The number of carboxylic acids is 1. The van der Waals surface area contributed by atoms with E-state index in [4.69, 9.17) is 15.6 Å². The van der Waals surface area contributed by atoms with Crippen LogP contribution in [0.15, 0.2) is 48.8 Å². The third-order valence-electron chi connectivity index (χ3n) is 7.72. The summed E-state index contributed by atoms with van der Waals surface area (Å²) >= 11 is 0. The summed E-state index contributed by atoms with van der Waals surface area (Å²) < 4.78 is 89.1. The smallest absolute Gasteiger partial charge is 0.416 e. The Hall–Kier alpha value is -4.91. The van der Waals surface area contributed by atoms with Crippen molar-refractivity contribution in [3.05, 3.63) is 82.4 Å². The summed E-state index contributed by atoms with van der Waals surface area (Å²) in [6.45, 7) is 1.53. The van der Waals surface area contributed by atoms with E-state index in [0.717, 1.165) is 29.2 Å². The van der Waals surface area contributed by atoms with Gasteiger partial charge in [-0.1, -0.05) is 6.92 Å². The maximum absolute atomic E-state index is 14.0. The van der Waals surface area contributed by atoms with E-state index in [2.05, 4.69) is 9.97 Å². The van der Waals surface area contributed by atoms with Crippen LogP contribution in [0.1, 0.15) is 78.1 Å². The normalized spacial score (nSPS) is 18.8. The maximum atomic E-state index is 14.0. The lowest BCUT2D eigenvalue weighted by atomic mass is 9.71. The average Bonchev–Trinajstić information content (AvgIpc) is 2.98. The number of nitriles is 1. The van der Waals surface area contributed by atoms with Gasteiger partial charge in [0.05, 0.1) is 59.0 Å². The van der Waals surface area contributed by atoms with Crippen LogP contribution in [0, 0.1) is 11.3 Å². The molecule has 46 heavy (non-hydrogen) atoms. The molecule has 1 unspecified atom stereocenters. The van der Waals surface area contributed by atoms with Gasteiger partial charge in [-0.25, -0.2) is 14.8 Å². The summed E-state index contributed by atoms with van der Waals surface area (Å²) in [6, 6.07) is 6.55. The second kappa shape index (κ2) is 12.8. The molecule has 4 N–H and O–H groups in total. The van der Waals surface area contributed by atoms with Crippen molar-refractivity contribution in [1.82, 2.24) is 9.97 Å². The highest BCUT2D eigenvalue weighted by Crippen LogP contribution is 2.52. The Morgan fingerprint density at radius 2 is 1.74 bits per heavy atom. The van der Waals surface area contributed by atoms with Crippen LogP contribution in [0.5, 0.6) is 5.75 Å². The lowest BCUT2D eigenvalue weighted by molar-refractivity contribution is -0.138. The van der Waals surface area contributed by atoms with Gasteiger partial charge in [0.2, 0.25) is 0 Å². The minimum atomic E-state index is -4.91. The van der Waals surface area contributed by atoms with E-state index >= 15 is 0 Å². The summed E-state index contributed by atoms with van der Waals surface area (Å²) in [6.07, 6.45) is -9.38. The Morgan fingerprint density at radius 3 is 2.28 bits per heavy atom. The molecule has 10 nitrogen and oxygen atoms in total. The molecule has 2 heterocycles. The quantitative estimate of drug-likeness (QED) is 0.173. The second-order valence-electron chi connectivity index (χ2n) is 10.7. The zero-order valence-corrected chi connectivity index (χ0v) is 24.1. The van der Waals surface area contributed by atoms with Crippen molar-refractivity contribution in [1.29, 1.82) is 5.26 Å². The number of fused-ring (bicyclic) bond motifs is 1. The van der Waals surface area contributed by atoms with Gasteiger partial charge in [-0.3, -0.25) is 9.69 Å². The average molecular weight is 652 g/mol. The molecule has 1 aromatic heterocycles. The van der Waals surface area contributed by atoms with Gasteiger partial charge < -0.3 is 20.7 Å². The molecule has 2 aromatic carbocycles. The molecule has 1 amide bonds. The predicted octanol–water partition coefficient (Wildman–Crippen LogP) is 6.50. The number of aliphatic carboxylic acids is 1. The molecule has 0 aliphatic carbocycles. The molecule has 0 bridgehead atoms. The van der Waals surface area contributed by atoms with Gasteiger partial charge in [0, 0.05) is 12.3 Å². The lowest BCUT2D eigenvalue weighted by Crippen LogP contribution is -2.61. The van der Waals surface area contributed by atoms with Crippen LogP contribution >= 0.6 is 0 Å². The van der Waals surface area contributed by atoms with E-state index in [9.17, 15) is 46.3 Å². The van der Waals surface area contributed by atoms with E-state index in [1.54, 1.807) is 13.0 Å². The first-order chi connectivity index (χ1) is 21.5. The topological polar surface area (TPSA) is 163 Å². The maximum Gasteiger partial charge on any atom is 0.416 e. The van der Waals surface area contributed by atoms with Crippen molar-refractivity contribution in [2.24, 2.45) is 5.73 Å². The number of carboxylic acid groups (broad SMARTS) is 2. The number of halogens is 6. The second-order valence-corrected chi connectivity index (χ2v) is 10.7. The van der Waals surface area contributed by atoms with Gasteiger partial charge in [0.1, 0.15) is 5.82 Å². The number of carbonyl (C=O) groups is 2. The summed E-state index contributed by atoms with van der Waals surface area (Å²) in [4.78, 5) is 32.4. The van der Waals surface area contributed by atoms with Crippen LogP contribution in [-0.4, -0.2) is 44.5 Å². The van der Waals surface area contributed by atoms with Crippen LogP contribution in [0.4, 0.5) is 36.8 Å². The molecule has 244 valence electrons. The largest absolute Gasteiger partial charge is 0.490 e. The number of amides is 1. The highest BCUT2D eigenvalue weighted by molar-refractivity contribution is 5.90. The molecular formula is C30H27F6N5O5. The standard InChI is InChI=1S/C30H27F6N5O5/c1-2-28(38)12-22(21-11-18(29(31,32)33)5-6-23(21)41(28)27(44)45)25(17-8-16(13-37)9-19(10-17)30(34,35)36)26-39-14-20(15-40-26)46-7-3-4-24(42)43/h5-6,8-11,14-15,22,25H,2-4,7,12,38H2,1H3,(H,42,43)(H,44,45)/t22-,25?,28-/m1/s1. The van der Waals surface area contributed by atoms with Crippen LogP contribution in [0.25, 0.3) is 0 Å². The Labute approximate surface area is 258 Å². The number of nitrogens with zero attached hydrogens (tertiary/aromatic N) is 4. The summed E-state index contributed by atoms with van der Waals surface area (Å²) in [5, 5.41) is 28.4. The molecule has 0 radical (unpaired) electrons. The van der Waals surface area contributed by atoms with Gasteiger partial charge in [0.25, 0.3) is 0 Å². The van der Waals surface area contributed by atoms with Crippen molar-refractivity contribution in [3.63, 3.8) is 0 Å². The van der Waals surface area contributed by atoms with Gasteiger partial charge in [-0.05, 0) is 66.8 Å². The molecule has 0 saturated carbocycles. The number of anilines is 1. The first kappa shape index (κ1) is 34.0. The zero-order valence-electron chi connectivity index (χ0n) is 24.1. The van der Waals surface area contributed by atoms with Crippen LogP contribution in [-0.2, 0) is 17.1 Å². The molecule has 3 aromatic rings. The third kappa shape index (κ3) is 7.15.